The Bertz CT molecular complexity index is 1440. The molecule has 1 amide bonds. The lowest BCUT2D eigenvalue weighted by Crippen LogP contribution is -2.23. The highest BCUT2D eigenvalue weighted by molar-refractivity contribution is 6.10. The summed E-state index contributed by atoms with van der Waals surface area (Å²) in [6, 6.07) is 27.4. The zero-order chi connectivity index (χ0) is 23.5. The maximum absolute atomic E-state index is 13.5. The number of aromatic nitrogens is 3. The van der Waals surface area contributed by atoms with Crippen molar-refractivity contribution in [2.45, 2.75) is 13.5 Å². The van der Waals surface area contributed by atoms with Crippen molar-refractivity contribution in [2.24, 2.45) is 0 Å². The van der Waals surface area contributed by atoms with Gasteiger partial charge in [0.05, 0.1) is 29.4 Å². The van der Waals surface area contributed by atoms with Gasteiger partial charge in [-0.15, -0.1) is 0 Å². The molecule has 6 heteroatoms. The Kier molecular flexibility index (Phi) is 5.79. The van der Waals surface area contributed by atoms with Crippen molar-refractivity contribution in [3.8, 4) is 28.3 Å². The van der Waals surface area contributed by atoms with Crippen LogP contribution < -0.4 is 10.1 Å². The van der Waals surface area contributed by atoms with Gasteiger partial charge < -0.3 is 10.1 Å². The van der Waals surface area contributed by atoms with Crippen LogP contribution in [0.5, 0.6) is 5.75 Å². The third-order valence-electron chi connectivity index (χ3n) is 5.79. The first-order valence-electron chi connectivity index (χ1n) is 11.0. The van der Waals surface area contributed by atoms with E-state index in [9.17, 15) is 4.79 Å². The SMILES string of the molecule is COc1ccc(-c2cc(C(=O)NCc3ccc(C)cc3)c3c(-c4ccccc4)[nH]nc3n2)cc1. The summed E-state index contributed by atoms with van der Waals surface area (Å²) in [5, 5.41) is 11.3. The van der Waals surface area contributed by atoms with Crippen molar-refractivity contribution in [2.75, 3.05) is 7.11 Å². The molecule has 168 valence electrons. The van der Waals surface area contributed by atoms with E-state index in [-0.39, 0.29) is 5.91 Å². The molecule has 0 radical (unpaired) electrons. The highest BCUT2D eigenvalue weighted by atomic mass is 16.5. The Labute approximate surface area is 197 Å². The van der Waals surface area contributed by atoms with Crippen LogP contribution in [0.15, 0.2) is 84.9 Å². The number of nitrogens with one attached hydrogen (secondary N) is 2. The number of fused-ring (bicyclic) bond motifs is 1. The predicted octanol–water partition coefficient (Wildman–Crippen LogP) is 5.54. The van der Waals surface area contributed by atoms with E-state index in [0.29, 0.717) is 28.8 Å². The van der Waals surface area contributed by atoms with Crippen molar-refractivity contribution >= 4 is 16.9 Å². The molecular weight excluding hydrogens is 424 g/mol. The Balaban J connectivity index is 1.58. The molecule has 0 aliphatic rings. The molecule has 34 heavy (non-hydrogen) atoms. The minimum atomic E-state index is -0.179. The number of benzene rings is 3. The second-order valence-electron chi connectivity index (χ2n) is 8.12. The third kappa shape index (κ3) is 4.26. The minimum absolute atomic E-state index is 0.179. The molecule has 5 rings (SSSR count). The second-order valence-corrected chi connectivity index (χ2v) is 8.12. The first-order chi connectivity index (χ1) is 16.6. The number of aryl methyl sites for hydroxylation is 1. The van der Waals surface area contributed by atoms with Gasteiger partial charge in [0.1, 0.15) is 5.75 Å². The van der Waals surface area contributed by atoms with E-state index in [4.69, 9.17) is 9.72 Å². The van der Waals surface area contributed by atoms with Gasteiger partial charge >= 0.3 is 0 Å². The lowest BCUT2D eigenvalue weighted by atomic mass is 10.0. The van der Waals surface area contributed by atoms with E-state index in [1.54, 1.807) is 7.11 Å². The van der Waals surface area contributed by atoms with Crippen LogP contribution in [0.25, 0.3) is 33.5 Å². The number of nitrogens with zero attached hydrogens (tertiary/aromatic N) is 2. The van der Waals surface area contributed by atoms with Gasteiger partial charge in [0.15, 0.2) is 5.65 Å². The molecule has 0 fully saturated rings. The molecule has 0 unspecified atom stereocenters. The van der Waals surface area contributed by atoms with Crippen molar-refractivity contribution in [1.29, 1.82) is 0 Å². The van der Waals surface area contributed by atoms with Crippen molar-refractivity contribution in [3.63, 3.8) is 0 Å². The highest BCUT2D eigenvalue weighted by Crippen LogP contribution is 2.32. The zero-order valence-electron chi connectivity index (χ0n) is 19.0. The number of H-pyrrole nitrogens is 1. The second kappa shape index (κ2) is 9.19. The lowest BCUT2D eigenvalue weighted by molar-refractivity contribution is 0.0952. The van der Waals surface area contributed by atoms with Crippen LogP contribution >= 0.6 is 0 Å². The van der Waals surface area contributed by atoms with Crippen molar-refractivity contribution in [3.05, 3.63) is 102 Å². The summed E-state index contributed by atoms with van der Waals surface area (Å²) in [5.41, 5.74) is 6.49. The summed E-state index contributed by atoms with van der Waals surface area (Å²) < 4.78 is 5.27. The van der Waals surface area contributed by atoms with Gasteiger partial charge in [-0.3, -0.25) is 9.89 Å². The molecule has 0 bridgehead atoms. The van der Waals surface area contributed by atoms with E-state index in [0.717, 1.165) is 28.1 Å². The molecule has 2 aromatic heterocycles. The van der Waals surface area contributed by atoms with Crippen LogP contribution in [0.3, 0.4) is 0 Å². The lowest BCUT2D eigenvalue weighted by Gasteiger charge is -2.10. The molecule has 2 heterocycles. The van der Waals surface area contributed by atoms with Gasteiger partial charge in [0.25, 0.3) is 5.91 Å². The average molecular weight is 449 g/mol. The predicted molar refractivity (Wildman–Crippen MR) is 134 cm³/mol. The summed E-state index contributed by atoms with van der Waals surface area (Å²) in [4.78, 5) is 18.2. The van der Waals surface area contributed by atoms with E-state index in [1.165, 1.54) is 5.56 Å². The fraction of sp³-hybridized carbons (Fsp3) is 0.107. The highest BCUT2D eigenvalue weighted by Gasteiger charge is 2.20. The molecule has 0 aliphatic carbocycles. The number of carbonyl (C=O) groups excluding carboxylic acids is 1. The van der Waals surface area contributed by atoms with Crippen LogP contribution in [0.4, 0.5) is 0 Å². The number of amides is 1. The summed E-state index contributed by atoms with van der Waals surface area (Å²) >= 11 is 0. The number of rotatable bonds is 6. The standard InChI is InChI=1S/C28H24N4O2/c1-18-8-10-19(11-9-18)17-29-28(33)23-16-24(20-12-14-22(34-2)15-13-20)30-27-25(23)26(31-32-27)21-6-4-3-5-7-21/h3-16H,17H2,1-2H3,(H,29,33)(H,30,31,32). The van der Waals surface area contributed by atoms with E-state index in [2.05, 4.69) is 15.5 Å². The molecule has 3 aromatic carbocycles. The molecule has 0 saturated carbocycles. The molecule has 0 spiro atoms. The van der Waals surface area contributed by atoms with E-state index in [1.807, 2.05) is 91.9 Å². The number of hydrogen-bond donors (Lipinski definition) is 2. The molecule has 2 N–H and O–H groups in total. The Morgan fingerprint density at radius 2 is 1.68 bits per heavy atom. The summed E-state index contributed by atoms with van der Waals surface area (Å²) in [5.74, 6) is 0.577. The van der Waals surface area contributed by atoms with Crippen LogP contribution in [-0.4, -0.2) is 28.2 Å². The van der Waals surface area contributed by atoms with Crippen LogP contribution in [0, 0.1) is 6.92 Å². The maximum Gasteiger partial charge on any atom is 0.252 e. The molecule has 0 aliphatic heterocycles. The van der Waals surface area contributed by atoms with Crippen LogP contribution in [0.2, 0.25) is 0 Å². The summed E-state index contributed by atoms with van der Waals surface area (Å²) in [6.45, 7) is 2.47. The van der Waals surface area contributed by atoms with Gasteiger partial charge in [0.2, 0.25) is 0 Å². The fourth-order valence-electron chi connectivity index (χ4n) is 3.91. The molecule has 5 aromatic rings. The minimum Gasteiger partial charge on any atom is -0.497 e. The number of hydrogen-bond acceptors (Lipinski definition) is 4. The van der Waals surface area contributed by atoms with Gasteiger partial charge in [-0.2, -0.15) is 5.10 Å². The number of aromatic amines is 1. The monoisotopic (exact) mass is 448 g/mol. The van der Waals surface area contributed by atoms with Crippen LogP contribution in [-0.2, 0) is 6.54 Å². The normalized spacial score (nSPS) is 10.9. The fourth-order valence-corrected chi connectivity index (χ4v) is 3.91. The van der Waals surface area contributed by atoms with Crippen molar-refractivity contribution in [1.82, 2.24) is 20.5 Å². The maximum atomic E-state index is 13.5. The van der Waals surface area contributed by atoms with Gasteiger partial charge in [-0.25, -0.2) is 4.98 Å². The van der Waals surface area contributed by atoms with E-state index >= 15 is 0 Å². The average Bonchev–Trinajstić information content (AvgIpc) is 3.32. The number of carbonyl (C=O) groups is 1. The summed E-state index contributed by atoms with van der Waals surface area (Å²) in [6.07, 6.45) is 0. The first-order valence-corrected chi connectivity index (χ1v) is 11.0. The Hall–Kier alpha value is -4.45. The smallest absolute Gasteiger partial charge is 0.252 e. The van der Waals surface area contributed by atoms with Gasteiger partial charge in [-0.05, 0) is 42.8 Å². The Morgan fingerprint density at radius 1 is 0.941 bits per heavy atom. The molecular formula is C28H24N4O2. The molecule has 0 saturated heterocycles. The van der Waals surface area contributed by atoms with Gasteiger partial charge in [0, 0.05) is 17.7 Å². The van der Waals surface area contributed by atoms with Crippen molar-refractivity contribution < 1.29 is 9.53 Å². The van der Waals surface area contributed by atoms with Crippen LogP contribution in [0.1, 0.15) is 21.5 Å². The zero-order valence-corrected chi connectivity index (χ0v) is 19.0. The topological polar surface area (TPSA) is 79.9 Å². The largest absolute Gasteiger partial charge is 0.497 e. The van der Waals surface area contributed by atoms with E-state index < -0.39 is 0 Å². The summed E-state index contributed by atoms with van der Waals surface area (Å²) in [7, 11) is 1.63. The number of pyridine rings is 1. The molecule has 6 nitrogen and oxygen atoms in total. The third-order valence-corrected chi connectivity index (χ3v) is 5.79. The molecule has 0 atom stereocenters. The number of methoxy groups -OCH3 is 1. The Morgan fingerprint density at radius 3 is 2.38 bits per heavy atom. The quantitative estimate of drug-likeness (QED) is 0.357. The first kappa shape index (κ1) is 21.4. The van der Waals surface area contributed by atoms with Gasteiger partial charge in [-0.1, -0.05) is 60.2 Å². The number of ether oxygens (including phenoxy) is 1.